The summed E-state index contributed by atoms with van der Waals surface area (Å²) < 4.78 is 0. The van der Waals surface area contributed by atoms with E-state index in [2.05, 4.69) is 20.6 Å². The van der Waals surface area contributed by atoms with Gasteiger partial charge in [0.25, 0.3) is 0 Å². The van der Waals surface area contributed by atoms with Crippen LogP contribution in [0.3, 0.4) is 0 Å². The first-order chi connectivity index (χ1) is 8.58. The Morgan fingerprint density at radius 1 is 1.56 bits per heavy atom. The van der Waals surface area contributed by atoms with Gasteiger partial charge in [-0.1, -0.05) is 6.92 Å². The minimum atomic E-state index is -0.473. The van der Waals surface area contributed by atoms with Crippen LogP contribution in [-0.4, -0.2) is 41.5 Å². The van der Waals surface area contributed by atoms with Gasteiger partial charge in [-0.05, 0) is 19.7 Å². The molecular weight excluding hydrogens is 236 g/mol. The molecule has 0 aliphatic heterocycles. The molecule has 0 aliphatic carbocycles. The number of nitrogens with zero attached hydrogens (tertiary/aromatic N) is 3. The molecule has 0 fully saturated rings. The van der Waals surface area contributed by atoms with Gasteiger partial charge in [-0.25, -0.2) is 10.8 Å². The first-order valence-corrected chi connectivity index (χ1v) is 5.63. The van der Waals surface area contributed by atoms with Crippen LogP contribution in [0.4, 0.5) is 17.3 Å². The Morgan fingerprint density at radius 2 is 2.28 bits per heavy atom. The smallest absolute Gasteiger partial charge is 0.311 e. The second-order valence-corrected chi connectivity index (χ2v) is 3.79. The predicted octanol–water partition coefficient (Wildman–Crippen LogP) is 0.639. The van der Waals surface area contributed by atoms with Gasteiger partial charge >= 0.3 is 5.69 Å². The Balaban J connectivity index is 2.75. The molecule has 0 unspecified atom stereocenters. The number of nitrogens with two attached hydrogens (primary N) is 1. The predicted molar refractivity (Wildman–Crippen MR) is 70.4 cm³/mol. The van der Waals surface area contributed by atoms with Gasteiger partial charge in [0.05, 0.1) is 4.92 Å². The summed E-state index contributed by atoms with van der Waals surface area (Å²) in [6.45, 7) is 4.31. The maximum atomic E-state index is 10.8. The van der Waals surface area contributed by atoms with E-state index in [0.29, 0.717) is 12.4 Å². The lowest BCUT2D eigenvalue weighted by Crippen LogP contribution is -2.25. The van der Waals surface area contributed by atoms with Crippen molar-refractivity contribution in [3.63, 3.8) is 0 Å². The fourth-order valence-electron chi connectivity index (χ4n) is 1.33. The average molecular weight is 254 g/mol. The molecule has 0 amide bonds. The molecule has 0 saturated carbocycles. The third-order valence-electron chi connectivity index (χ3n) is 2.54. The monoisotopic (exact) mass is 254 g/mol. The third-order valence-corrected chi connectivity index (χ3v) is 2.54. The molecule has 18 heavy (non-hydrogen) atoms. The van der Waals surface area contributed by atoms with E-state index in [1.54, 1.807) is 0 Å². The van der Waals surface area contributed by atoms with Crippen molar-refractivity contribution < 1.29 is 4.92 Å². The minimum Gasteiger partial charge on any atom is -0.363 e. The summed E-state index contributed by atoms with van der Waals surface area (Å²) in [7, 11) is 1.97. The van der Waals surface area contributed by atoms with E-state index in [4.69, 9.17) is 5.84 Å². The van der Waals surface area contributed by atoms with Gasteiger partial charge in [0.15, 0.2) is 0 Å². The highest BCUT2D eigenvalue weighted by Gasteiger charge is 2.15. The van der Waals surface area contributed by atoms with Crippen LogP contribution in [0.1, 0.15) is 6.92 Å². The zero-order valence-electron chi connectivity index (χ0n) is 10.5. The Bertz CT molecular complexity index is 411. The van der Waals surface area contributed by atoms with Gasteiger partial charge in [0, 0.05) is 19.2 Å². The lowest BCUT2D eigenvalue weighted by Gasteiger charge is -2.14. The summed E-state index contributed by atoms with van der Waals surface area (Å²) in [5.41, 5.74) is 2.30. The first kappa shape index (κ1) is 14.1. The summed E-state index contributed by atoms with van der Waals surface area (Å²) in [4.78, 5) is 16.5. The number of nitro groups is 1. The van der Waals surface area contributed by atoms with E-state index in [9.17, 15) is 10.1 Å². The van der Waals surface area contributed by atoms with Crippen molar-refractivity contribution in [2.45, 2.75) is 6.92 Å². The van der Waals surface area contributed by atoms with Crippen LogP contribution in [0.25, 0.3) is 0 Å². The van der Waals surface area contributed by atoms with Crippen LogP contribution in [0.15, 0.2) is 12.1 Å². The SMILES string of the molecule is CCN(C)CCNc1nc(NN)ccc1[N+](=O)[O-]. The standard InChI is InChI=1S/C10H18N6O2/c1-3-15(2)7-6-12-10-8(16(17)18)4-5-9(13-10)14-11/h4-5H,3,6-7,11H2,1-2H3,(H2,12,13,14). The zero-order valence-corrected chi connectivity index (χ0v) is 10.5. The molecule has 0 saturated heterocycles. The number of rotatable bonds is 7. The van der Waals surface area contributed by atoms with Gasteiger partial charge in [-0.3, -0.25) is 10.1 Å². The molecular formula is C10H18N6O2. The molecule has 1 aromatic heterocycles. The van der Waals surface area contributed by atoms with E-state index in [1.165, 1.54) is 12.1 Å². The van der Waals surface area contributed by atoms with Crippen LogP contribution >= 0.6 is 0 Å². The van der Waals surface area contributed by atoms with E-state index in [-0.39, 0.29) is 11.5 Å². The van der Waals surface area contributed by atoms with Gasteiger partial charge in [-0.2, -0.15) is 0 Å². The summed E-state index contributed by atoms with van der Waals surface area (Å²) in [5.74, 6) is 5.83. The largest absolute Gasteiger partial charge is 0.363 e. The molecule has 100 valence electrons. The number of hydrogen-bond acceptors (Lipinski definition) is 7. The van der Waals surface area contributed by atoms with Crippen LogP contribution in [0.5, 0.6) is 0 Å². The number of nitrogen functional groups attached to an aromatic ring is 1. The highest BCUT2D eigenvalue weighted by Crippen LogP contribution is 2.23. The summed E-state index contributed by atoms with van der Waals surface area (Å²) in [6, 6.07) is 2.83. The Hall–Kier alpha value is -1.93. The van der Waals surface area contributed by atoms with Gasteiger partial charge < -0.3 is 15.6 Å². The molecule has 1 aromatic rings. The molecule has 0 aromatic carbocycles. The number of pyridine rings is 1. The van der Waals surface area contributed by atoms with Crippen molar-refractivity contribution in [2.75, 3.05) is 37.4 Å². The van der Waals surface area contributed by atoms with Crippen LogP contribution in [0.2, 0.25) is 0 Å². The van der Waals surface area contributed by atoms with E-state index in [1.807, 2.05) is 14.0 Å². The Morgan fingerprint density at radius 3 is 2.83 bits per heavy atom. The van der Waals surface area contributed by atoms with Crippen molar-refractivity contribution in [1.82, 2.24) is 9.88 Å². The summed E-state index contributed by atoms with van der Waals surface area (Å²) >= 11 is 0. The quantitative estimate of drug-likeness (QED) is 0.372. The number of nitrogens with one attached hydrogen (secondary N) is 2. The van der Waals surface area contributed by atoms with Crippen molar-refractivity contribution in [2.24, 2.45) is 5.84 Å². The van der Waals surface area contributed by atoms with E-state index >= 15 is 0 Å². The summed E-state index contributed by atoms with van der Waals surface area (Å²) in [5, 5.41) is 13.8. The van der Waals surface area contributed by atoms with Gasteiger partial charge in [0.1, 0.15) is 5.82 Å². The molecule has 4 N–H and O–H groups in total. The van der Waals surface area contributed by atoms with Crippen molar-refractivity contribution in [3.8, 4) is 0 Å². The number of anilines is 2. The fraction of sp³-hybridized carbons (Fsp3) is 0.500. The number of hydrogen-bond donors (Lipinski definition) is 3. The zero-order chi connectivity index (χ0) is 13.5. The maximum absolute atomic E-state index is 10.8. The van der Waals surface area contributed by atoms with Crippen molar-refractivity contribution in [3.05, 3.63) is 22.2 Å². The highest BCUT2D eigenvalue weighted by atomic mass is 16.6. The van der Waals surface area contributed by atoms with Crippen molar-refractivity contribution in [1.29, 1.82) is 0 Å². The molecule has 0 radical (unpaired) electrons. The van der Waals surface area contributed by atoms with E-state index in [0.717, 1.165) is 13.1 Å². The Kier molecular flexibility index (Phi) is 5.28. The molecule has 8 heteroatoms. The minimum absolute atomic E-state index is 0.0619. The molecule has 0 bridgehead atoms. The van der Waals surface area contributed by atoms with Gasteiger partial charge in [-0.15, -0.1) is 0 Å². The normalized spacial score (nSPS) is 10.4. The molecule has 0 atom stereocenters. The Labute approximate surface area is 105 Å². The maximum Gasteiger partial charge on any atom is 0.311 e. The summed E-state index contributed by atoms with van der Waals surface area (Å²) in [6.07, 6.45) is 0. The van der Waals surface area contributed by atoms with Crippen molar-refractivity contribution >= 4 is 17.3 Å². The number of hydrazine groups is 1. The highest BCUT2D eigenvalue weighted by molar-refractivity contribution is 5.59. The second kappa shape index (κ2) is 6.72. The second-order valence-electron chi connectivity index (χ2n) is 3.79. The molecule has 8 nitrogen and oxygen atoms in total. The average Bonchev–Trinajstić information content (AvgIpc) is 2.37. The molecule has 1 heterocycles. The third kappa shape index (κ3) is 3.82. The molecule has 1 rings (SSSR count). The van der Waals surface area contributed by atoms with Crippen LogP contribution in [0, 0.1) is 10.1 Å². The fourth-order valence-corrected chi connectivity index (χ4v) is 1.33. The van der Waals surface area contributed by atoms with E-state index < -0.39 is 4.92 Å². The molecule has 0 aliphatic rings. The first-order valence-electron chi connectivity index (χ1n) is 5.63. The van der Waals surface area contributed by atoms with Gasteiger partial charge in [0.2, 0.25) is 5.82 Å². The lowest BCUT2D eigenvalue weighted by atomic mass is 10.3. The number of likely N-dealkylation sites (N-methyl/N-ethyl adjacent to an activating group) is 1. The lowest BCUT2D eigenvalue weighted by molar-refractivity contribution is -0.384. The number of aromatic nitrogens is 1. The topological polar surface area (TPSA) is 109 Å². The van der Waals surface area contributed by atoms with Crippen LogP contribution in [-0.2, 0) is 0 Å². The van der Waals surface area contributed by atoms with Crippen LogP contribution < -0.4 is 16.6 Å². The molecule has 0 spiro atoms.